The molecule has 2 aromatic rings. The SMILES string of the molecule is Cl.Cl.c1cc(-c2nn[nH]n2)ccc1CN1CCC(C2CCNCC2)CC1. The van der Waals surface area contributed by atoms with Crippen LogP contribution in [-0.2, 0) is 6.54 Å². The highest BCUT2D eigenvalue weighted by molar-refractivity contribution is 5.85. The van der Waals surface area contributed by atoms with Crippen LogP contribution < -0.4 is 5.32 Å². The van der Waals surface area contributed by atoms with Gasteiger partial charge in [0.1, 0.15) is 0 Å². The molecule has 2 aliphatic rings. The molecule has 2 saturated heterocycles. The zero-order valence-electron chi connectivity index (χ0n) is 14.9. The Morgan fingerprint density at radius 2 is 1.58 bits per heavy atom. The second-order valence-corrected chi connectivity index (χ2v) is 7.13. The maximum absolute atomic E-state index is 4.02. The summed E-state index contributed by atoms with van der Waals surface area (Å²) < 4.78 is 0. The summed E-state index contributed by atoms with van der Waals surface area (Å²) >= 11 is 0. The molecule has 26 heavy (non-hydrogen) atoms. The van der Waals surface area contributed by atoms with Gasteiger partial charge in [0.15, 0.2) is 0 Å². The third kappa shape index (κ3) is 5.16. The molecule has 1 aromatic heterocycles. The number of halogens is 2. The largest absolute Gasteiger partial charge is 0.317 e. The number of aromatic amines is 1. The van der Waals surface area contributed by atoms with Crippen molar-refractivity contribution in [1.82, 2.24) is 30.8 Å². The number of rotatable bonds is 4. The number of nitrogens with one attached hydrogen (secondary N) is 2. The summed E-state index contributed by atoms with van der Waals surface area (Å²) in [7, 11) is 0. The maximum Gasteiger partial charge on any atom is 0.204 e. The summed E-state index contributed by atoms with van der Waals surface area (Å²) in [6, 6.07) is 8.54. The van der Waals surface area contributed by atoms with Crippen LogP contribution in [0.2, 0.25) is 0 Å². The molecular weight excluding hydrogens is 371 g/mol. The van der Waals surface area contributed by atoms with Crippen LogP contribution in [-0.4, -0.2) is 51.7 Å². The monoisotopic (exact) mass is 398 g/mol. The summed E-state index contributed by atoms with van der Waals surface area (Å²) in [5.74, 6) is 2.57. The summed E-state index contributed by atoms with van der Waals surface area (Å²) in [6.45, 7) is 5.96. The number of nitrogens with zero attached hydrogens (tertiary/aromatic N) is 4. The van der Waals surface area contributed by atoms with E-state index in [-0.39, 0.29) is 24.8 Å². The number of aromatic nitrogens is 4. The first-order chi connectivity index (χ1) is 11.9. The molecule has 0 atom stereocenters. The lowest BCUT2D eigenvalue weighted by Crippen LogP contribution is -2.39. The lowest BCUT2D eigenvalue weighted by atomic mass is 9.79. The van der Waals surface area contributed by atoms with Gasteiger partial charge in [0.05, 0.1) is 0 Å². The van der Waals surface area contributed by atoms with Gasteiger partial charge in [0.25, 0.3) is 0 Å². The highest BCUT2D eigenvalue weighted by atomic mass is 35.5. The van der Waals surface area contributed by atoms with Crippen LogP contribution in [0.4, 0.5) is 0 Å². The van der Waals surface area contributed by atoms with E-state index in [4.69, 9.17) is 0 Å². The van der Waals surface area contributed by atoms with Crippen LogP contribution >= 0.6 is 24.8 Å². The minimum absolute atomic E-state index is 0. The van der Waals surface area contributed by atoms with Crippen molar-refractivity contribution in [2.24, 2.45) is 11.8 Å². The van der Waals surface area contributed by atoms with Crippen molar-refractivity contribution in [2.75, 3.05) is 26.2 Å². The van der Waals surface area contributed by atoms with E-state index in [1.54, 1.807) is 0 Å². The Bertz CT molecular complexity index is 620. The van der Waals surface area contributed by atoms with Gasteiger partial charge < -0.3 is 5.32 Å². The Morgan fingerprint density at radius 3 is 2.19 bits per heavy atom. The molecule has 0 bridgehead atoms. The van der Waals surface area contributed by atoms with Crippen molar-refractivity contribution in [3.05, 3.63) is 29.8 Å². The molecule has 2 fully saturated rings. The van der Waals surface area contributed by atoms with Gasteiger partial charge in [0.2, 0.25) is 5.82 Å². The van der Waals surface area contributed by atoms with Crippen molar-refractivity contribution >= 4 is 24.8 Å². The number of likely N-dealkylation sites (tertiary alicyclic amines) is 1. The summed E-state index contributed by atoms with van der Waals surface area (Å²) in [4.78, 5) is 2.60. The first-order valence-electron chi connectivity index (χ1n) is 9.14. The Kier molecular flexibility index (Phi) is 8.28. The predicted octanol–water partition coefficient (Wildman–Crippen LogP) is 2.92. The Balaban J connectivity index is 0.00000121. The molecule has 2 aliphatic heterocycles. The molecule has 0 amide bonds. The van der Waals surface area contributed by atoms with Gasteiger partial charge in [0, 0.05) is 12.1 Å². The lowest BCUT2D eigenvalue weighted by Gasteiger charge is -2.37. The number of piperidine rings is 2. The molecule has 144 valence electrons. The van der Waals surface area contributed by atoms with Gasteiger partial charge in [-0.2, -0.15) is 5.21 Å². The number of tetrazole rings is 1. The molecule has 3 heterocycles. The molecule has 0 spiro atoms. The smallest absolute Gasteiger partial charge is 0.204 e. The molecule has 0 unspecified atom stereocenters. The van der Waals surface area contributed by atoms with Crippen molar-refractivity contribution < 1.29 is 0 Å². The van der Waals surface area contributed by atoms with Crippen LogP contribution in [0.5, 0.6) is 0 Å². The first-order valence-corrected chi connectivity index (χ1v) is 9.14. The molecular formula is C18H28Cl2N6. The van der Waals surface area contributed by atoms with E-state index in [2.05, 4.69) is 55.1 Å². The molecule has 8 heteroatoms. The van der Waals surface area contributed by atoms with Crippen LogP contribution in [0, 0.1) is 11.8 Å². The van der Waals surface area contributed by atoms with Gasteiger partial charge >= 0.3 is 0 Å². The number of benzene rings is 1. The topological polar surface area (TPSA) is 69.7 Å². The maximum atomic E-state index is 4.02. The zero-order chi connectivity index (χ0) is 16.2. The third-order valence-corrected chi connectivity index (χ3v) is 5.65. The molecule has 6 nitrogen and oxygen atoms in total. The van der Waals surface area contributed by atoms with E-state index >= 15 is 0 Å². The lowest BCUT2D eigenvalue weighted by molar-refractivity contribution is 0.126. The zero-order valence-corrected chi connectivity index (χ0v) is 16.6. The predicted molar refractivity (Wildman–Crippen MR) is 108 cm³/mol. The van der Waals surface area contributed by atoms with Crippen LogP contribution in [0.3, 0.4) is 0 Å². The quantitative estimate of drug-likeness (QED) is 0.828. The van der Waals surface area contributed by atoms with E-state index < -0.39 is 0 Å². The Labute approximate surface area is 167 Å². The third-order valence-electron chi connectivity index (χ3n) is 5.65. The number of hydrogen-bond acceptors (Lipinski definition) is 5. The van der Waals surface area contributed by atoms with Gasteiger partial charge in [-0.25, -0.2) is 0 Å². The van der Waals surface area contributed by atoms with Gasteiger partial charge in [-0.3, -0.25) is 4.90 Å². The second-order valence-electron chi connectivity index (χ2n) is 7.13. The van der Waals surface area contributed by atoms with Gasteiger partial charge in [-0.15, -0.1) is 35.0 Å². The molecule has 0 aliphatic carbocycles. The molecule has 4 rings (SSSR count). The van der Waals surface area contributed by atoms with Crippen molar-refractivity contribution in [2.45, 2.75) is 32.2 Å². The van der Waals surface area contributed by atoms with Crippen LogP contribution in [0.1, 0.15) is 31.2 Å². The highest BCUT2D eigenvalue weighted by Gasteiger charge is 2.27. The molecule has 1 aromatic carbocycles. The van der Waals surface area contributed by atoms with E-state index in [9.17, 15) is 0 Å². The van der Waals surface area contributed by atoms with Crippen molar-refractivity contribution in [3.63, 3.8) is 0 Å². The first kappa shape index (κ1) is 21.1. The minimum atomic E-state index is 0. The van der Waals surface area contributed by atoms with E-state index in [1.807, 2.05) is 0 Å². The summed E-state index contributed by atoms with van der Waals surface area (Å²) in [6.07, 6.45) is 5.49. The molecule has 0 radical (unpaired) electrons. The Morgan fingerprint density at radius 1 is 0.923 bits per heavy atom. The average Bonchev–Trinajstić information content (AvgIpc) is 3.18. The van der Waals surface area contributed by atoms with Gasteiger partial charge in [-0.05, 0) is 74.5 Å². The average molecular weight is 399 g/mol. The van der Waals surface area contributed by atoms with Crippen LogP contribution in [0.25, 0.3) is 11.4 Å². The van der Waals surface area contributed by atoms with E-state index in [0.717, 1.165) is 23.9 Å². The minimum Gasteiger partial charge on any atom is -0.317 e. The highest BCUT2D eigenvalue weighted by Crippen LogP contribution is 2.31. The summed E-state index contributed by atoms with van der Waals surface area (Å²) in [5, 5.41) is 17.6. The standard InChI is InChI=1S/C18H26N6.2ClH/c1-3-17(18-20-22-23-21-18)4-2-14(1)13-24-11-7-16(8-12-24)15-5-9-19-10-6-15;;/h1-4,15-16,19H,5-13H2,(H,20,21,22,23);2*1H. The second kappa shape index (κ2) is 10.2. The molecule has 2 N–H and O–H groups in total. The Hall–Kier alpha value is -1.21. The normalized spacial score (nSPS) is 19.5. The van der Waals surface area contributed by atoms with Crippen molar-refractivity contribution in [3.8, 4) is 11.4 Å². The van der Waals surface area contributed by atoms with Crippen molar-refractivity contribution in [1.29, 1.82) is 0 Å². The fourth-order valence-corrected chi connectivity index (χ4v) is 4.20. The van der Waals surface area contributed by atoms with E-state index in [1.165, 1.54) is 57.4 Å². The van der Waals surface area contributed by atoms with Crippen LogP contribution in [0.15, 0.2) is 24.3 Å². The fourth-order valence-electron chi connectivity index (χ4n) is 4.20. The van der Waals surface area contributed by atoms with E-state index in [0.29, 0.717) is 5.82 Å². The number of hydrogen-bond donors (Lipinski definition) is 2. The number of H-pyrrole nitrogens is 1. The fraction of sp³-hybridized carbons (Fsp3) is 0.611. The van der Waals surface area contributed by atoms with Gasteiger partial charge in [-0.1, -0.05) is 24.3 Å². The summed E-state index contributed by atoms with van der Waals surface area (Å²) in [5.41, 5.74) is 2.37. The molecule has 0 saturated carbocycles.